The van der Waals surface area contributed by atoms with Crippen molar-refractivity contribution in [2.45, 2.75) is 45.4 Å². The molecule has 0 saturated carbocycles. The second-order valence-corrected chi connectivity index (χ2v) is 5.63. The van der Waals surface area contributed by atoms with E-state index >= 15 is 0 Å². The van der Waals surface area contributed by atoms with Crippen LogP contribution in [-0.2, 0) is 0 Å². The van der Waals surface area contributed by atoms with Gasteiger partial charge >= 0.3 is 0 Å². The van der Waals surface area contributed by atoms with E-state index in [0.717, 1.165) is 19.3 Å². The number of hydrogen-bond acceptors (Lipinski definition) is 3. The number of rotatable bonds is 7. The second kappa shape index (κ2) is 8.86. The van der Waals surface area contributed by atoms with Crippen LogP contribution >= 0.6 is 11.8 Å². The number of unbranched alkanes of at least 4 members (excludes halogenated alkanes) is 4. The Hall–Kier alpha value is -1.16. The molecule has 1 aromatic carbocycles. The average molecular weight is 280 g/mol. The summed E-state index contributed by atoms with van der Waals surface area (Å²) >= 11 is 1.17. The molecule has 0 fully saturated rings. The maximum Gasteiger partial charge on any atom is 0.123 e. The minimum Gasteiger partial charge on any atom is -0.298 e. The highest BCUT2D eigenvalue weighted by atomic mass is 32.2. The molecule has 0 unspecified atom stereocenters. The highest BCUT2D eigenvalue weighted by Gasteiger charge is 2.06. The highest BCUT2D eigenvalue weighted by molar-refractivity contribution is 8.26. The molecule has 0 aliphatic carbocycles. The van der Waals surface area contributed by atoms with Crippen LogP contribution in [0.4, 0.5) is 4.39 Å². The normalized spacial score (nSPS) is 10.4. The van der Waals surface area contributed by atoms with Gasteiger partial charge in [-0.05, 0) is 37.1 Å². The van der Waals surface area contributed by atoms with E-state index in [2.05, 4.69) is 6.92 Å². The van der Waals surface area contributed by atoms with E-state index in [9.17, 15) is 4.39 Å². The maximum atomic E-state index is 12.8. The van der Waals surface area contributed by atoms with Crippen LogP contribution in [0.5, 0.6) is 0 Å². The van der Waals surface area contributed by atoms with Crippen LogP contribution in [0, 0.1) is 16.6 Å². The van der Waals surface area contributed by atoms with E-state index in [-0.39, 0.29) is 5.82 Å². The molecule has 0 heterocycles. The number of hydrogen-bond donors (Lipinski definition) is 2. The van der Waals surface area contributed by atoms with Crippen molar-refractivity contribution in [1.29, 1.82) is 10.8 Å². The van der Waals surface area contributed by atoms with Gasteiger partial charge in [-0.15, -0.1) is 0 Å². The topological polar surface area (TPSA) is 47.7 Å². The summed E-state index contributed by atoms with van der Waals surface area (Å²) in [5.74, 6) is -0.299. The van der Waals surface area contributed by atoms with Crippen LogP contribution in [0.2, 0.25) is 0 Å². The zero-order chi connectivity index (χ0) is 14.1. The molecule has 0 radical (unpaired) electrons. The Morgan fingerprint density at radius 1 is 1.05 bits per heavy atom. The molecule has 0 amide bonds. The largest absolute Gasteiger partial charge is 0.298 e. The summed E-state index contributed by atoms with van der Waals surface area (Å²) < 4.78 is 12.8. The Morgan fingerprint density at radius 2 is 1.68 bits per heavy atom. The van der Waals surface area contributed by atoms with Crippen molar-refractivity contribution in [1.82, 2.24) is 0 Å². The summed E-state index contributed by atoms with van der Waals surface area (Å²) in [5.41, 5.74) is 0.669. The molecule has 0 spiro atoms. The standard InChI is InChI=1S/C15H21FN2S/c1-2-3-4-5-6-7-14(17)19-15(18)12-8-10-13(16)11-9-12/h8-11,17-18H,2-7H2,1H3. The van der Waals surface area contributed by atoms with Crippen LogP contribution < -0.4 is 0 Å². The first-order chi connectivity index (χ1) is 9.13. The zero-order valence-electron chi connectivity index (χ0n) is 11.3. The molecule has 19 heavy (non-hydrogen) atoms. The quantitative estimate of drug-likeness (QED) is 0.401. The van der Waals surface area contributed by atoms with E-state index in [1.807, 2.05) is 0 Å². The lowest BCUT2D eigenvalue weighted by atomic mass is 10.1. The van der Waals surface area contributed by atoms with Crippen molar-refractivity contribution < 1.29 is 4.39 Å². The molecule has 4 heteroatoms. The monoisotopic (exact) mass is 280 g/mol. The Balaban J connectivity index is 2.28. The van der Waals surface area contributed by atoms with E-state index in [0.29, 0.717) is 15.7 Å². The third-order valence-corrected chi connectivity index (χ3v) is 3.73. The van der Waals surface area contributed by atoms with Crippen molar-refractivity contribution in [2.75, 3.05) is 0 Å². The van der Waals surface area contributed by atoms with Gasteiger partial charge in [-0.1, -0.05) is 44.4 Å². The number of thioether (sulfide) groups is 1. The fourth-order valence-electron chi connectivity index (χ4n) is 1.72. The van der Waals surface area contributed by atoms with E-state index in [4.69, 9.17) is 10.8 Å². The molecule has 0 aliphatic rings. The first-order valence-electron chi connectivity index (χ1n) is 6.73. The lowest BCUT2D eigenvalue weighted by Crippen LogP contribution is -2.00. The summed E-state index contributed by atoms with van der Waals surface area (Å²) in [6.45, 7) is 2.18. The molecule has 104 valence electrons. The summed E-state index contributed by atoms with van der Waals surface area (Å²) in [4.78, 5) is 0. The highest BCUT2D eigenvalue weighted by Crippen LogP contribution is 2.17. The molecule has 2 N–H and O–H groups in total. The fourth-order valence-corrected chi connectivity index (χ4v) is 2.47. The summed E-state index contributed by atoms with van der Waals surface area (Å²) in [6.07, 6.45) is 6.61. The Kier molecular flexibility index (Phi) is 7.41. The summed E-state index contributed by atoms with van der Waals surface area (Å²) in [6, 6.07) is 5.86. The van der Waals surface area contributed by atoms with E-state index in [1.165, 1.54) is 43.2 Å². The summed E-state index contributed by atoms with van der Waals surface area (Å²) in [5, 5.41) is 16.6. The van der Waals surface area contributed by atoms with Crippen LogP contribution in [0.3, 0.4) is 0 Å². The molecule has 0 saturated heterocycles. The third-order valence-electron chi connectivity index (χ3n) is 2.84. The Labute approximate surface area is 118 Å². The van der Waals surface area contributed by atoms with Crippen LogP contribution in [0.25, 0.3) is 0 Å². The predicted octanol–water partition coefficient (Wildman–Crippen LogP) is 5.22. The Bertz CT molecular complexity index is 415. The molecular formula is C15H21FN2S. The Morgan fingerprint density at radius 3 is 2.32 bits per heavy atom. The van der Waals surface area contributed by atoms with Gasteiger partial charge in [-0.2, -0.15) is 0 Å². The minimum absolute atomic E-state index is 0.299. The molecule has 0 atom stereocenters. The second-order valence-electron chi connectivity index (χ2n) is 4.53. The molecule has 1 rings (SSSR count). The van der Waals surface area contributed by atoms with E-state index in [1.54, 1.807) is 12.1 Å². The number of halogens is 1. The van der Waals surface area contributed by atoms with Gasteiger partial charge in [0, 0.05) is 5.56 Å². The van der Waals surface area contributed by atoms with Gasteiger partial charge in [0.25, 0.3) is 0 Å². The maximum absolute atomic E-state index is 12.8. The van der Waals surface area contributed by atoms with Crippen molar-refractivity contribution in [2.24, 2.45) is 0 Å². The minimum atomic E-state index is -0.299. The number of benzene rings is 1. The van der Waals surface area contributed by atoms with Crippen LogP contribution in [0.15, 0.2) is 24.3 Å². The zero-order valence-corrected chi connectivity index (χ0v) is 12.2. The SMILES string of the molecule is CCCCCCCC(=N)SC(=N)c1ccc(F)cc1. The van der Waals surface area contributed by atoms with Gasteiger partial charge in [0.15, 0.2) is 0 Å². The van der Waals surface area contributed by atoms with Crippen molar-refractivity contribution >= 4 is 21.8 Å². The molecular weight excluding hydrogens is 259 g/mol. The molecule has 0 aliphatic heterocycles. The van der Waals surface area contributed by atoms with Gasteiger partial charge in [0.1, 0.15) is 10.9 Å². The van der Waals surface area contributed by atoms with E-state index < -0.39 is 0 Å². The molecule has 0 aromatic heterocycles. The lowest BCUT2D eigenvalue weighted by Gasteiger charge is -2.05. The first-order valence-corrected chi connectivity index (χ1v) is 7.55. The molecule has 1 aromatic rings. The van der Waals surface area contributed by atoms with Gasteiger partial charge in [-0.3, -0.25) is 10.8 Å². The van der Waals surface area contributed by atoms with Crippen molar-refractivity contribution in [3.63, 3.8) is 0 Å². The van der Waals surface area contributed by atoms with Crippen LogP contribution in [0.1, 0.15) is 51.0 Å². The third kappa shape index (κ3) is 6.53. The van der Waals surface area contributed by atoms with Gasteiger partial charge in [-0.25, -0.2) is 4.39 Å². The average Bonchev–Trinajstić information content (AvgIpc) is 2.39. The van der Waals surface area contributed by atoms with Crippen LogP contribution in [-0.4, -0.2) is 10.1 Å². The van der Waals surface area contributed by atoms with Gasteiger partial charge < -0.3 is 0 Å². The van der Waals surface area contributed by atoms with Gasteiger partial charge in [0.05, 0.1) is 5.04 Å². The lowest BCUT2D eigenvalue weighted by molar-refractivity contribution is 0.628. The molecule has 2 nitrogen and oxygen atoms in total. The number of nitrogens with one attached hydrogen (secondary N) is 2. The smallest absolute Gasteiger partial charge is 0.123 e. The van der Waals surface area contributed by atoms with Gasteiger partial charge in [0.2, 0.25) is 0 Å². The predicted molar refractivity (Wildman–Crippen MR) is 81.9 cm³/mol. The first kappa shape index (κ1) is 15.9. The van der Waals surface area contributed by atoms with Crippen molar-refractivity contribution in [3.8, 4) is 0 Å². The molecule has 0 bridgehead atoms. The van der Waals surface area contributed by atoms with Crippen molar-refractivity contribution in [3.05, 3.63) is 35.6 Å². The fraction of sp³-hybridized carbons (Fsp3) is 0.467. The summed E-state index contributed by atoms with van der Waals surface area (Å²) in [7, 11) is 0.